The van der Waals surface area contributed by atoms with Crippen LogP contribution in [0.5, 0.6) is 5.75 Å². The lowest BCUT2D eigenvalue weighted by molar-refractivity contribution is -0.153. The minimum absolute atomic E-state index is 0.0167. The van der Waals surface area contributed by atoms with E-state index in [4.69, 9.17) is 4.74 Å². The molecular weight excluding hydrogens is 391 g/mol. The van der Waals surface area contributed by atoms with Crippen LogP contribution in [0.4, 0.5) is 13.2 Å². The van der Waals surface area contributed by atoms with Crippen molar-refractivity contribution in [2.45, 2.75) is 57.5 Å². The number of alkyl halides is 3. The summed E-state index contributed by atoms with van der Waals surface area (Å²) in [5, 5.41) is 16.9. The van der Waals surface area contributed by atoms with Gasteiger partial charge in [-0.15, -0.1) is 0 Å². The number of hydrogen-bond acceptors (Lipinski definition) is 5. The Morgan fingerprint density at radius 1 is 1.34 bits per heavy atom. The van der Waals surface area contributed by atoms with Crippen molar-refractivity contribution in [1.82, 2.24) is 15.1 Å². The molecule has 1 aliphatic carbocycles. The van der Waals surface area contributed by atoms with E-state index in [0.29, 0.717) is 23.9 Å². The zero-order chi connectivity index (χ0) is 21.3. The highest BCUT2D eigenvalue weighted by atomic mass is 19.4. The van der Waals surface area contributed by atoms with Gasteiger partial charge in [-0.1, -0.05) is 13.8 Å². The number of nitrogens with one attached hydrogen (secondary N) is 1. The minimum atomic E-state index is -4.47. The number of aromatic nitrogens is 2. The average Bonchev–Trinajstić information content (AvgIpc) is 2.60. The van der Waals surface area contributed by atoms with Gasteiger partial charge in [0.25, 0.3) is 5.56 Å². The second kappa shape index (κ2) is 8.02. The standard InChI is InChI=1S/C19H22F3N3O4/c1-10(2)17-15-7-13(29-9-19(20,21)22)3-4-14(15)18(28)25(24-17)8-16(27)23-11-5-12(26)6-11/h3-4,7,10-12,26H,5-6,8-9H2,1-2H3,(H,23,27). The molecule has 29 heavy (non-hydrogen) atoms. The molecule has 1 aliphatic rings. The van der Waals surface area contributed by atoms with E-state index in [-0.39, 0.29) is 29.6 Å². The van der Waals surface area contributed by atoms with Crippen molar-refractivity contribution in [1.29, 1.82) is 0 Å². The van der Waals surface area contributed by atoms with Crippen LogP contribution in [0, 0.1) is 0 Å². The zero-order valence-corrected chi connectivity index (χ0v) is 16.0. The Morgan fingerprint density at radius 3 is 2.62 bits per heavy atom. The summed E-state index contributed by atoms with van der Waals surface area (Å²) < 4.78 is 43.0. The molecule has 0 saturated heterocycles. The summed E-state index contributed by atoms with van der Waals surface area (Å²) in [6.45, 7) is 1.94. The second-order valence-electron chi connectivity index (χ2n) is 7.50. The Morgan fingerprint density at radius 2 is 2.03 bits per heavy atom. The van der Waals surface area contributed by atoms with Crippen LogP contribution in [0.25, 0.3) is 10.8 Å². The molecule has 1 heterocycles. The molecule has 1 fully saturated rings. The van der Waals surface area contributed by atoms with Gasteiger partial charge in [-0.05, 0) is 37.0 Å². The van der Waals surface area contributed by atoms with Crippen molar-refractivity contribution in [3.05, 3.63) is 34.2 Å². The predicted molar refractivity (Wildman–Crippen MR) is 98.8 cm³/mol. The van der Waals surface area contributed by atoms with E-state index in [0.717, 1.165) is 4.68 Å². The maximum atomic E-state index is 12.7. The van der Waals surface area contributed by atoms with Crippen LogP contribution in [0.2, 0.25) is 0 Å². The minimum Gasteiger partial charge on any atom is -0.484 e. The number of amides is 1. The third-order valence-electron chi connectivity index (χ3n) is 4.68. The Hall–Kier alpha value is -2.62. The van der Waals surface area contributed by atoms with Crippen molar-refractivity contribution in [2.24, 2.45) is 0 Å². The van der Waals surface area contributed by atoms with Gasteiger partial charge in [0.2, 0.25) is 5.91 Å². The normalized spacial score (nSPS) is 19.3. The van der Waals surface area contributed by atoms with Crippen LogP contribution in [0.15, 0.2) is 23.0 Å². The molecule has 158 valence electrons. The maximum absolute atomic E-state index is 12.7. The molecule has 7 nitrogen and oxygen atoms in total. The Kier molecular flexibility index (Phi) is 5.83. The van der Waals surface area contributed by atoms with Crippen LogP contribution < -0.4 is 15.6 Å². The first-order valence-electron chi connectivity index (χ1n) is 9.25. The molecule has 3 rings (SSSR count). The number of nitrogens with zero attached hydrogens (tertiary/aromatic N) is 2. The SMILES string of the molecule is CC(C)c1nn(CC(=O)NC2CC(O)C2)c(=O)c2ccc(OCC(F)(F)F)cc12. The first-order chi connectivity index (χ1) is 13.5. The van der Waals surface area contributed by atoms with Crippen molar-refractivity contribution < 1.29 is 27.8 Å². The maximum Gasteiger partial charge on any atom is 0.422 e. The highest BCUT2D eigenvalue weighted by Gasteiger charge is 2.29. The first kappa shape index (κ1) is 21.1. The molecule has 1 aromatic carbocycles. The number of fused-ring (bicyclic) bond motifs is 1. The van der Waals surface area contributed by atoms with Crippen LogP contribution in [-0.4, -0.2) is 45.7 Å². The van der Waals surface area contributed by atoms with Gasteiger partial charge in [0.15, 0.2) is 6.61 Å². The quantitative estimate of drug-likeness (QED) is 0.757. The number of carbonyl (C=O) groups excluding carboxylic acids is 1. The summed E-state index contributed by atoms with van der Waals surface area (Å²) in [7, 11) is 0. The van der Waals surface area contributed by atoms with E-state index in [1.54, 1.807) is 0 Å². The molecule has 1 saturated carbocycles. The topological polar surface area (TPSA) is 93.5 Å². The highest BCUT2D eigenvalue weighted by Crippen LogP contribution is 2.26. The molecule has 0 radical (unpaired) electrons. The van der Waals surface area contributed by atoms with Gasteiger partial charge in [0, 0.05) is 11.4 Å². The van der Waals surface area contributed by atoms with Gasteiger partial charge >= 0.3 is 6.18 Å². The van der Waals surface area contributed by atoms with Gasteiger partial charge in [0.05, 0.1) is 17.2 Å². The van der Waals surface area contributed by atoms with Gasteiger partial charge in [-0.25, -0.2) is 4.68 Å². The van der Waals surface area contributed by atoms with Gasteiger partial charge < -0.3 is 15.2 Å². The number of benzene rings is 1. The zero-order valence-electron chi connectivity index (χ0n) is 16.0. The van der Waals surface area contributed by atoms with Crippen molar-refractivity contribution >= 4 is 16.7 Å². The Bertz CT molecular complexity index is 966. The third-order valence-corrected chi connectivity index (χ3v) is 4.68. The fourth-order valence-electron chi connectivity index (χ4n) is 3.19. The van der Waals surface area contributed by atoms with Crippen LogP contribution >= 0.6 is 0 Å². The Labute approximate surface area is 164 Å². The molecule has 1 aromatic heterocycles. The fraction of sp³-hybridized carbons (Fsp3) is 0.526. The number of rotatable bonds is 6. The predicted octanol–water partition coefficient (Wildman–Crippen LogP) is 2.10. The summed E-state index contributed by atoms with van der Waals surface area (Å²) in [5.41, 5.74) is -0.0421. The van der Waals surface area contributed by atoms with Crippen molar-refractivity contribution in [3.8, 4) is 5.75 Å². The van der Waals surface area contributed by atoms with Gasteiger partial charge in [0.1, 0.15) is 12.3 Å². The average molecular weight is 413 g/mol. The first-order valence-corrected chi connectivity index (χ1v) is 9.25. The largest absolute Gasteiger partial charge is 0.484 e. The number of aliphatic hydroxyl groups excluding tert-OH is 1. The van der Waals surface area contributed by atoms with E-state index in [9.17, 15) is 27.9 Å². The lowest BCUT2D eigenvalue weighted by Crippen LogP contribution is -2.48. The van der Waals surface area contributed by atoms with Gasteiger partial charge in [-0.3, -0.25) is 9.59 Å². The van der Waals surface area contributed by atoms with Crippen molar-refractivity contribution in [2.75, 3.05) is 6.61 Å². The smallest absolute Gasteiger partial charge is 0.422 e. The van der Waals surface area contributed by atoms with Gasteiger partial charge in [-0.2, -0.15) is 18.3 Å². The summed E-state index contributed by atoms with van der Waals surface area (Å²) in [5.74, 6) is -0.556. The molecule has 0 spiro atoms. The lowest BCUT2D eigenvalue weighted by atomic mass is 9.89. The van der Waals surface area contributed by atoms with E-state index < -0.39 is 30.4 Å². The summed E-state index contributed by atoms with van der Waals surface area (Å²) in [6.07, 6.45) is -3.93. The fourth-order valence-corrected chi connectivity index (χ4v) is 3.19. The van der Waals surface area contributed by atoms with Crippen LogP contribution in [-0.2, 0) is 11.3 Å². The lowest BCUT2D eigenvalue weighted by Gasteiger charge is -2.31. The number of halogens is 3. The van der Waals surface area contributed by atoms with E-state index >= 15 is 0 Å². The molecule has 0 aliphatic heterocycles. The molecule has 0 bridgehead atoms. The molecule has 2 N–H and O–H groups in total. The molecule has 0 unspecified atom stereocenters. The summed E-state index contributed by atoms with van der Waals surface area (Å²) in [6, 6.07) is 3.92. The number of hydrogen-bond donors (Lipinski definition) is 2. The second-order valence-corrected chi connectivity index (χ2v) is 7.50. The Balaban J connectivity index is 1.89. The van der Waals surface area contributed by atoms with E-state index in [2.05, 4.69) is 10.4 Å². The molecule has 0 atom stereocenters. The monoisotopic (exact) mass is 413 g/mol. The number of ether oxygens (including phenoxy) is 1. The number of carbonyl (C=O) groups is 1. The van der Waals surface area contributed by atoms with Crippen LogP contribution in [0.3, 0.4) is 0 Å². The molecule has 10 heteroatoms. The van der Waals surface area contributed by atoms with E-state index in [1.807, 2.05) is 13.8 Å². The molecular formula is C19H22F3N3O4. The third kappa shape index (κ3) is 5.06. The van der Waals surface area contributed by atoms with Crippen molar-refractivity contribution in [3.63, 3.8) is 0 Å². The summed E-state index contributed by atoms with van der Waals surface area (Å²) >= 11 is 0. The highest BCUT2D eigenvalue weighted by molar-refractivity contribution is 5.86. The molecule has 2 aromatic rings. The van der Waals surface area contributed by atoms with Crippen LogP contribution in [0.1, 0.15) is 38.3 Å². The molecule has 1 amide bonds. The summed E-state index contributed by atoms with van der Waals surface area (Å²) in [4.78, 5) is 25.0. The van der Waals surface area contributed by atoms with E-state index in [1.165, 1.54) is 18.2 Å². The number of aliphatic hydroxyl groups is 1.